The molecular formula is C11H9BrFNO2. The lowest BCUT2D eigenvalue weighted by Crippen LogP contribution is -2.55. The zero-order chi connectivity index (χ0) is 11.3. The number of ether oxygens (including phenoxy) is 1. The summed E-state index contributed by atoms with van der Waals surface area (Å²) in [6.45, 7) is 0. The van der Waals surface area contributed by atoms with Gasteiger partial charge in [0.1, 0.15) is 11.6 Å². The molecule has 0 saturated heterocycles. The van der Waals surface area contributed by atoms with Gasteiger partial charge in [0.15, 0.2) is 5.60 Å². The number of hydrogen-bond donors (Lipinski definition) is 1. The molecule has 0 aromatic heterocycles. The minimum Gasteiger partial charge on any atom is -0.475 e. The molecule has 1 N–H and O–H groups in total. The highest BCUT2D eigenvalue weighted by Gasteiger charge is 2.49. The molecule has 3 rings (SSSR count). The van der Waals surface area contributed by atoms with E-state index in [1.807, 2.05) is 0 Å². The minimum absolute atomic E-state index is 0.159. The fourth-order valence-electron chi connectivity index (χ4n) is 2.03. The first-order chi connectivity index (χ1) is 7.61. The molecular weight excluding hydrogens is 277 g/mol. The predicted molar refractivity (Wildman–Crippen MR) is 59.9 cm³/mol. The fraction of sp³-hybridized carbons (Fsp3) is 0.364. The van der Waals surface area contributed by atoms with Gasteiger partial charge in [-0.25, -0.2) is 4.39 Å². The zero-order valence-corrected chi connectivity index (χ0v) is 9.93. The number of hydrogen-bond acceptors (Lipinski definition) is 2. The minimum atomic E-state index is -0.704. The Morgan fingerprint density at radius 2 is 2.19 bits per heavy atom. The summed E-state index contributed by atoms with van der Waals surface area (Å²) in [6, 6.07) is 2.83. The molecule has 1 amide bonds. The monoisotopic (exact) mass is 285 g/mol. The van der Waals surface area contributed by atoms with Crippen molar-refractivity contribution in [1.29, 1.82) is 0 Å². The van der Waals surface area contributed by atoms with Crippen LogP contribution in [0.15, 0.2) is 16.6 Å². The number of carbonyl (C=O) groups excluding carboxylic acids is 1. The van der Waals surface area contributed by atoms with Crippen LogP contribution in [0.1, 0.15) is 19.3 Å². The fourth-order valence-corrected chi connectivity index (χ4v) is 2.35. The lowest BCUT2D eigenvalue weighted by Gasteiger charge is -2.43. The topological polar surface area (TPSA) is 38.3 Å². The Kier molecular flexibility index (Phi) is 2.01. The average Bonchev–Trinajstić information content (AvgIpc) is 2.17. The van der Waals surface area contributed by atoms with E-state index in [0.717, 1.165) is 19.3 Å². The Labute approximate surface area is 100 Å². The summed E-state index contributed by atoms with van der Waals surface area (Å²) in [5.74, 6) is -0.0345. The van der Waals surface area contributed by atoms with Crippen LogP contribution in [0.3, 0.4) is 0 Å². The van der Waals surface area contributed by atoms with Gasteiger partial charge in [-0.05, 0) is 41.3 Å². The lowest BCUT2D eigenvalue weighted by molar-refractivity contribution is -0.139. The maximum atomic E-state index is 13.3. The number of rotatable bonds is 0. The second-order valence-electron chi connectivity index (χ2n) is 4.17. The number of fused-ring (bicyclic) bond motifs is 1. The van der Waals surface area contributed by atoms with Crippen LogP contribution in [0, 0.1) is 5.82 Å². The molecule has 5 heteroatoms. The average molecular weight is 286 g/mol. The zero-order valence-electron chi connectivity index (χ0n) is 8.35. The molecule has 0 bridgehead atoms. The molecule has 1 aromatic carbocycles. The van der Waals surface area contributed by atoms with E-state index in [-0.39, 0.29) is 5.91 Å². The van der Waals surface area contributed by atoms with Gasteiger partial charge in [-0.1, -0.05) is 0 Å². The van der Waals surface area contributed by atoms with E-state index in [2.05, 4.69) is 21.2 Å². The first kappa shape index (κ1) is 10.1. The molecule has 0 unspecified atom stereocenters. The van der Waals surface area contributed by atoms with Crippen LogP contribution in [0.2, 0.25) is 0 Å². The lowest BCUT2D eigenvalue weighted by atomic mass is 9.78. The molecule has 1 aromatic rings. The molecule has 1 saturated carbocycles. The summed E-state index contributed by atoms with van der Waals surface area (Å²) in [5, 5.41) is 2.70. The highest BCUT2D eigenvalue weighted by molar-refractivity contribution is 9.10. The van der Waals surface area contributed by atoms with Gasteiger partial charge in [0.25, 0.3) is 5.91 Å². The first-order valence-electron chi connectivity index (χ1n) is 5.10. The predicted octanol–water partition coefficient (Wildman–Crippen LogP) is 2.84. The molecule has 3 nitrogen and oxygen atoms in total. The maximum Gasteiger partial charge on any atom is 0.268 e. The maximum absolute atomic E-state index is 13.3. The molecule has 84 valence electrons. The van der Waals surface area contributed by atoms with Crippen LogP contribution in [-0.2, 0) is 4.79 Å². The van der Waals surface area contributed by atoms with Crippen molar-refractivity contribution in [2.75, 3.05) is 5.32 Å². The van der Waals surface area contributed by atoms with Crippen LogP contribution in [0.4, 0.5) is 10.1 Å². The number of amides is 1. The van der Waals surface area contributed by atoms with Crippen molar-refractivity contribution < 1.29 is 13.9 Å². The molecule has 2 aliphatic rings. The summed E-state index contributed by atoms with van der Waals surface area (Å²) in [5.41, 5.74) is -0.298. The van der Waals surface area contributed by atoms with Gasteiger partial charge in [-0.2, -0.15) is 0 Å². The van der Waals surface area contributed by atoms with Crippen molar-refractivity contribution in [3.63, 3.8) is 0 Å². The van der Waals surface area contributed by atoms with Crippen molar-refractivity contribution in [2.45, 2.75) is 24.9 Å². The molecule has 1 spiro atoms. The van der Waals surface area contributed by atoms with Gasteiger partial charge < -0.3 is 10.1 Å². The van der Waals surface area contributed by atoms with Gasteiger partial charge in [0.05, 0.1) is 10.2 Å². The summed E-state index contributed by atoms with van der Waals surface area (Å²) < 4.78 is 19.3. The second-order valence-corrected chi connectivity index (χ2v) is 5.02. The quantitative estimate of drug-likeness (QED) is 0.796. The van der Waals surface area contributed by atoms with Crippen LogP contribution in [-0.4, -0.2) is 11.5 Å². The molecule has 1 aliphatic heterocycles. The Hall–Kier alpha value is -1.10. The second kappa shape index (κ2) is 3.20. The standard InChI is InChI=1S/C11H9BrFNO2/c12-6-4-9-8(5-7(6)13)14-10(15)11(16-9)2-1-3-11/h4-5H,1-3H2,(H,14,15). The third-order valence-electron chi connectivity index (χ3n) is 3.15. The number of benzene rings is 1. The van der Waals surface area contributed by atoms with E-state index >= 15 is 0 Å². The summed E-state index contributed by atoms with van der Waals surface area (Å²) in [6.07, 6.45) is 2.45. The third kappa shape index (κ3) is 1.27. The Morgan fingerprint density at radius 3 is 2.81 bits per heavy atom. The number of halogens is 2. The number of anilines is 1. The van der Waals surface area contributed by atoms with E-state index in [4.69, 9.17) is 4.74 Å². The van der Waals surface area contributed by atoms with Crippen molar-refractivity contribution >= 4 is 27.5 Å². The first-order valence-corrected chi connectivity index (χ1v) is 5.90. The van der Waals surface area contributed by atoms with Gasteiger partial charge in [-0.3, -0.25) is 4.79 Å². The Balaban J connectivity index is 2.05. The van der Waals surface area contributed by atoms with Crippen molar-refractivity contribution in [3.8, 4) is 5.75 Å². The number of carbonyl (C=O) groups is 1. The van der Waals surface area contributed by atoms with E-state index in [0.29, 0.717) is 15.9 Å². The Bertz CT molecular complexity index is 485. The normalized spacial score (nSPS) is 20.8. The van der Waals surface area contributed by atoms with Gasteiger partial charge in [0, 0.05) is 6.07 Å². The molecule has 16 heavy (non-hydrogen) atoms. The van der Waals surface area contributed by atoms with Crippen LogP contribution in [0.25, 0.3) is 0 Å². The van der Waals surface area contributed by atoms with Crippen LogP contribution in [0.5, 0.6) is 5.75 Å². The number of nitrogens with one attached hydrogen (secondary N) is 1. The summed E-state index contributed by atoms with van der Waals surface area (Å²) in [4.78, 5) is 11.8. The van der Waals surface area contributed by atoms with Crippen LogP contribution < -0.4 is 10.1 Å². The van der Waals surface area contributed by atoms with Crippen molar-refractivity contribution in [1.82, 2.24) is 0 Å². The van der Waals surface area contributed by atoms with E-state index in [1.54, 1.807) is 6.07 Å². The Morgan fingerprint density at radius 1 is 1.44 bits per heavy atom. The largest absolute Gasteiger partial charge is 0.475 e. The highest BCUT2D eigenvalue weighted by Crippen LogP contribution is 2.44. The van der Waals surface area contributed by atoms with Crippen LogP contribution >= 0.6 is 15.9 Å². The molecule has 1 aliphatic carbocycles. The van der Waals surface area contributed by atoms with Gasteiger partial charge in [0.2, 0.25) is 0 Å². The smallest absolute Gasteiger partial charge is 0.268 e. The van der Waals surface area contributed by atoms with Gasteiger partial charge >= 0.3 is 0 Å². The summed E-state index contributed by atoms with van der Waals surface area (Å²) >= 11 is 3.10. The molecule has 1 heterocycles. The van der Waals surface area contributed by atoms with Gasteiger partial charge in [-0.15, -0.1) is 0 Å². The van der Waals surface area contributed by atoms with E-state index in [1.165, 1.54) is 6.07 Å². The SMILES string of the molecule is O=C1Nc2cc(F)c(Br)cc2OC12CCC2. The van der Waals surface area contributed by atoms with E-state index in [9.17, 15) is 9.18 Å². The van der Waals surface area contributed by atoms with Crippen molar-refractivity contribution in [3.05, 3.63) is 22.4 Å². The molecule has 1 fully saturated rings. The summed E-state index contributed by atoms with van der Waals surface area (Å²) in [7, 11) is 0. The third-order valence-corrected chi connectivity index (χ3v) is 3.76. The van der Waals surface area contributed by atoms with Crippen molar-refractivity contribution in [2.24, 2.45) is 0 Å². The highest BCUT2D eigenvalue weighted by atomic mass is 79.9. The molecule has 0 atom stereocenters. The van der Waals surface area contributed by atoms with E-state index < -0.39 is 11.4 Å². The molecule has 0 radical (unpaired) electrons.